The summed E-state index contributed by atoms with van der Waals surface area (Å²) in [5, 5.41) is 22.7. The van der Waals surface area contributed by atoms with Crippen LogP contribution in [0.5, 0.6) is 0 Å². The number of carbonyl (C=O) groups excluding carboxylic acids is 1. The summed E-state index contributed by atoms with van der Waals surface area (Å²) < 4.78 is 8.90. The first-order valence-corrected chi connectivity index (χ1v) is 13.0. The van der Waals surface area contributed by atoms with Gasteiger partial charge in [0.15, 0.2) is 5.65 Å². The zero-order chi connectivity index (χ0) is 25.9. The minimum Gasteiger partial charge on any atom is -0.396 e. The van der Waals surface area contributed by atoms with Gasteiger partial charge in [-0.2, -0.15) is 9.61 Å². The summed E-state index contributed by atoms with van der Waals surface area (Å²) in [5.74, 6) is 1.69. The van der Waals surface area contributed by atoms with Crippen molar-refractivity contribution in [3.63, 3.8) is 0 Å². The minimum atomic E-state index is -0.247. The van der Waals surface area contributed by atoms with E-state index in [1.165, 1.54) is 6.20 Å². The van der Waals surface area contributed by atoms with E-state index in [1.807, 2.05) is 12.3 Å². The molecule has 0 bridgehead atoms. The van der Waals surface area contributed by atoms with Gasteiger partial charge in [0, 0.05) is 45.6 Å². The largest absolute Gasteiger partial charge is 0.396 e. The fraction of sp³-hybridized carbons (Fsp3) is 0.538. The number of aliphatic hydroxyl groups is 1. The van der Waals surface area contributed by atoms with Crippen LogP contribution in [0.1, 0.15) is 54.9 Å². The monoisotopic (exact) mass is 509 g/mol. The van der Waals surface area contributed by atoms with Crippen molar-refractivity contribution in [2.75, 3.05) is 37.9 Å². The lowest BCUT2D eigenvalue weighted by Crippen LogP contribution is -2.31. The maximum absolute atomic E-state index is 13.4. The Labute approximate surface area is 215 Å². The van der Waals surface area contributed by atoms with Gasteiger partial charge in [0.1, 0.15) is 22.9 Å². The third-order valence-electron chi connectivity index (χ3n) is 7.63. The fourth-order valence-electron chi connectivity index (χ4n) is 5.38. The van der Waals surface area contributed by atoms with Crippen LogP contribution in [-0.4, -0.2) is 63.6 Å². The molecular weight excluding hydrogens is 474 g/mol. The Morgan fingerprint density at radius 2 is 2.14 bits per heavy atom. The van der Waals surface area contributed by atoms with Crippen molar-refractivity contribution in [2.45, 2.75) is 50.7 Å². The van der Waals surface area contributed by atoms with E-state index in [0.717, 1.165) is 38.5 Å². The number of ether oxygens (including phenoxy) is 1. The van der Waals surface area contributed by atoms with Gasteiger partial charge in [0.05, 0.1) is 12.3 Å². The van der Waals surface area contributed by atoms with Gasteiger partial charge in [-0.3, -0.25) is 9.59 Å². The molecule has 198 valence electrons. The van der Waals surface area contributed by atoms with Crippen LogP contribution < -0.4 is 21.5 Å². The topological polar surface area (TPSA) is 135 Å². The van der Waals surface area contributed by atoms with Crippen molar-refractivity contribution in [1.29, 1.82) is 0 Å². The molecule has 0 aliphatic heterocycles. The van der Waals surface area contributed by atoms with Crippen molar-refractivity contribution in [3.05, 3.63) is 46.5 Å². The van der Waals surface area contributed by atoms with E-state index in [2.05, 4.69) is 26.0 Å². The molecule has 2 aliphatic rings. The molecule has 2 aliphatic carbocycles. The number of aliphatic hydroxyl groups excluding tert-OH is 1. The van der Waals surface area contributed by atoms with E-state index < -0.39 is 0 Å². The van der Waals surface area contributed by atoms with Crippen LogP contribution in [0.25, 0.3) is 5.65 Å². The van der Waals surface area contributed by atoms with Gasteiger partial charge in [-0.1, -0.05) is 0 Å². The number of carbonyl (C=O) groups is 1. The number of hydrogen-bond donors (Lipinski definition) is 4. The lowest BCUT2D eigenvalue weighted by Gasteiger charge is -2.29. The molecule has 0 aromatic carbocycles. The number of aromatic nitrogens is 4. The quantitative estimate of drug-likeness (QED) is 0.328. The smallest absolute Gasteiger partial charge is 0.274 e. The summed E-state index contributed by atoms with van der Waals surface area (Å²) in [5.41, 5.74) is 1.04. The summed E-state index contributed by atoms with van der Waals surface area (Å²) in [4.78, 5) is 31.0. The summed E-state index contributed by atoms with van der Waals surface area (Å²) in [6.07, 6.45) is 9.07. The fourth-order valence-corrected chi connectivity index (χ4v) is 5.38. The maximum atomic E-state index is 13.4. The van der Waals surface area contributed by atoms with E-state index in [-0.39, 0.29) is 30.2 Å². The Morgan fingerprint density at radius 1 is 1.27 bits per heavy atom. The van der Waals surface area contributed by atoms with Crippen LogP contribution >= 0.6 is 0 Å². The lowest BCUT2D eigenvalue weighted by molar-refractivity contribution is 0.0525. The highest BCUT2D eigenvalue weighted by molar-refractivity contribution is 6.00. The third-order valence-corrected chi connectivity index (χ3v) is 7.63. The van der Waals surface area contributed by atoms with Gasteiger partial charge in [-0.15, -0.1) is 0 Å². The number of anilines is 3. The zero-order valence-corrected chi connectivity index (χ0v) is 21.3. The second-order valence-electron chi connectivity index (χ2n) is 9.99. The van der Waals surface area contributed by atoms with E-state index >= 15 is 0 Å². The number of rotatable bonds is 10. The second-order valence-corrected chi connectivity index (χ2v) is 9.99. The van der Waals surface area contributed by atoms with Crippen molar-refractivity contribution < 1.29 is 14.6 Å². The Kier molecular flexibility index (Phi) is 7.43. The van der Waals surface area contributed by atoms with Gasteiger partial charge >= 0.3 is 0 Å². The molecule has 2 saturated carbocycles. The molecule has 4 N–H and O–H groups in total. The zero-order valence-electron chi connectivity index (χ0n) is 21.3. The number of amides is 1. The molecule has 0 spiro atoms. The van der Waals surface area contributed by atoms with Gasteiger partial charge in [0.25, 0.3) is 11.5 Å². The molecule has 4 atom stereocenters. The number of fused-ring (bicyclic) bond motifs is 1. The average Bonchev–Trinajstić information content (AvgIpc) is 3.52. The van der Waals surface area contributed by atoms with E-state index in [9.17, 15) is 9.59 Å². The third kappa shape index (κ3) is 5.33. The first kappa shape index (κ1) is 25.2. The molecule has 2 unspecified atom stereocenters. The number of methoxy groups -OCH3 is 1. The highest BCUT2D eigenvalue weighted by atomic mass is 16.5. The maximum Gasteiger partial charge on any atom is 0.274 e. The SMILES string of the molecule is CNc1cc(Nc2cccn([C@H]3CCC[C@@H](OC)C3)c2=O)nc2c(C(=O)NCC3CC3CCO)cnn12. The Hall–Kier alpha value is -3.44. The molecule has 37 heavy (non-hydrogen) atoms. The van der Waals surface area contributed by atoms with Gasteiger partial charge in [-0.25, -0.2) is 4.98 Å². The Bertz CT molecular complexity index is 1320. The molecule has 3 aromatic heterocycles. The normalized spacial score (nSPS) is 23.1. The molecular formula is C26H35N7O4. The molecule has 5 rings (SSSR count). The van der Waals surface area contributed by atoms with Crippen molar-refractivity contribution in [2.24, 2.45) is 11.8 Å². The molecule has 11 heteroatoms. The van der Waals surface area contributed by atoms with E-state index in [0.29, 0.717) is 46.9 Å². The summed E-state index contributed by atoms with van der Waals surface area (Å²) in [6.45, 7) is 0.739. The standard InChI is InChI=1S/C26H35N7O4/c1-27-23-13-22(30-21-7-4-9-32(26(21)36)18-5-3-6-19(12-18)37-2)31-24-20(15-29-33(23)24)25(35)28-14-17-11-16(17)8-10-34/h4,7,9,13,15-19,27,34H,3,5-6,8,10-12,14H2,1-2H3,(H,28,35)(H,30,31)/t16?,17?,18-,19+/m0/s1. The van der Waals surface area contributed by atoms with Crippen LogP contribution in [0, 0.1) is 11.8 Å². The summed E-state index contributed by atoms with van der Waals surface area (Å²) in [6, 6.07) is 5.44. The molecule has 0 radical (unpaired) electrons. The molecule has 2 fully saturated rings. The molecule has 3 aromatic rings. The first-order chi connectivity index (χ1) is 18.0. The van der Waals surface area contributed by atoms with Crippen LogP contribution in [-0.2, 0) is 4.74 Å². The summed E-state index contributed by atoms with van der Waals surface area (Å²) in [7, 11) is 3.49. The van der Waals surface area contributed by atoms with Crippen LogP contribution in [0.4, 0.5) is 17.3 Å². The van der Waals surface area contributed by atoms with Gasteiger partial charge in [0.2, 0.25) is 0 Å². The van der Waals surface area contributed by atoms with Gasteiger partial charge in [-0.05, 0) is 62.5 Å². The molecule has 1 amide bonds. The molecule has 11 nitrogen and oxygen atoms in total. The van der Waals surface area contributed by atoms with Crippen molar-refractivity contribution in [1.82, 2.24) is 24.5 Å². The molecule has 0 saturated heterocycles. The number of hydrogen-bond acceptors (Lipinski definition) is 8. The van der Waals surface area contributed by atoms with Gasteiger partial charge < -0.3 is 30.4 Å². The van der Waals surface area contributed by atoms with Crippen LogP contribution in [0.3, 0.4) is 0 Å². The van der Waals surface area contributed by atoms with Crippen LogP contribution in [0.15, 0.2) is 35.4 Å². The Balaban J connectivity index is 1.37. The number of pyridine rings is 1. The number of nitrogens with zero attached hydrogens (tertiary/aromatic N) is 4. The predicted molar refractivity (Wildman–Crippen MR) is 140 cm³/mol. The highest BCUT2D eigenvalue weighted by Crippen LogP contribution is 2.40. The average molecular weight is 510 g/mol. The predicted octanol–water partition coefficient (Wildman–Crippen LogP) is 2.55. The Morgan fingerprint density at radius 3 is 2.92 bits per heavy atom. The van der Waals surface area contributed by atoms with Crippen molar-refractivity contribution in [3.8, 4) is 0 Å². The van der Waals surface area contributed by atoms with E-state index in [1.54, 1.807) is 35.4 Å². The van der Waals surface area contributed by atoms with Crippen molar-refractivity contribution >= 4 is 28.9 Å². The first-order valence-electron chi connectivity index (χ1n) is 13.0. The molecule has 3 heterocycles. The number of nitrogens with one attached hydrogen (secondary N) is 3. The highest BCUT2D eigenvalue weighted by Gasteiger charge is 2.36. The van der Waals surface area contributed by atoms with E-state index in [4.69, 9.17) is 9.84 Å². The lowest BCUT2D eigenvalue weighted by atomic mass is 9.92. The second kappa shape index (κ2) is 10.9. The van der Waals surface area contributed by atoms with Crippen LogP contribution in [0.2, 0.25) is 0 Å². The summed E-state index contributed by atoms with van der Waals surface area (Å²) >= 11 is 0. The minimum absolute atomic E-state index is 0.0878.